The van der Waals surface area contributed by atoms with Gasteiger partial charge >= 0.3 is 6.09 Å². The number of aryl methyl sites for hydroxylation is 1. The van der Waals surface area contributed by atoms with Crippen LogP contribution in [-0.2, 0) is 9.53 Å². The molecule has 2 amide bonds. The second-order valence-corrected chi connectivity index (χ2v) is 8.44. The second kappa shape index (κ2) is 8.38. The summed E-state index contributed by atoms with van der Waals surface area (Å²) in [4.78, 5) is 27.7. The minimum atomic E-state index is -0.500. The Balaban J connectivity index is 2.16. The average molecular weight is 396 g/mol. The number of halogens is 1. The van der Waals surface area contributed by atoms with Crippen LogP contribution in [0.1, 0.15) is 51.8 Å². The summed E-state index contributed by atoms with van der Waals surface area (Å²) in [5.74, 6) is -0.0733. The maximum absolute atomic E-state index is 12.3. The van der Waals surface area contributed by atoms with Crippen LogP contribution in [0.3, 0.4) is 0 Å². The topological polar surface area (TPSA) is 61.9 Å². The summed E-state index contributed by atoms with van der Waals surface area (Å²) in [6.07, 6.45) is -0.282. The van der Waals surface area contributed by atoms with Crippen LogP contribution in [0.15, 0.2) is 12.1 Å². The van der Waals surface area contributed by atoms with Crippen molar-refractivity contribution in [2.45, 2.75) is 53.2 Å². The number of benzene rings is 1. The highest BCUT2D eigenvalue weighted by molar-refractivity contribution is 6.31. The van der Waals surface area contributed by atoms with Crippen molar-refractivity contribution in [3.8, 4) is 0 Å². The number of rotatable bonds is 3. The van der Waals surface area contributed by atoms with Crippen molar-refractivity contribution >= 4 is 29.3 Å². The fourth-order valence-corrected chi connectivity index (χ4v) is 3.31. The molecule has 150 valence electrons. The maximum Gasteiger partial charge on any atom is 0.410 e. The molecule has 6 nitrogen and oxygen atoms in total. The first-order valence-corrected chi connectivity index (χ1v) is 9.65. The summed E-state index contributed by atoms with van der Waals surface area (Å²) >= 11 is 6.37. The molecular weight excluding hydrogens is 366 g/mol. The molecule has 0 unspecified atom stereocenters. The number of hydrogen-bond acceptors (Lipinski definition) is 4. The van der Waals surface area contributed by atoms with E-state index >= 15 is 0 Å². The Hall–Kier alpha value is -1.95. The molecule has 0 radical (unpaired) electrons. The van der Waals surface area contributed by atoms with E-state index in [1.807, 2.05) is 46.8 Å². The molecule has 27 heavy (non-hydrogen) atoms. The predicted octanol–water partition coefficient (Wildman–Crippen LogP) is 3.90. The smallest absolute Gasteiger partial charge is 0.410 e. The van der Waals surface area contributed by atoms with Gasteiger partial charge in [0.15, 0.2) is 0 Å². The lowest BCUT2D eigenvalue weighted by molar-refractivity contribution is -0.119. The Labute approximate surface area is 166 Å². The van der Waals surface area contributed by atoms with E-state index in [-0.39, 0.29) is 18.0 Å². The number of amides is 2. The SMILES string of the molecule is CC(=O)N[C@H](C)c1cc(C)c(Cl)cc1N1CCN(C(=O)OC(C)(C)C)CC1. The molecule has 1 N–H and O–H groups in total. The normalized spacial score (nSPS) is 16.1. The molecule has 1 aliphatic heterocycles. The molecule has 1 atom stereocenters. The molecule has 1 fully saturated rings. The van der Waals surface area contributed by atoms with Gasteiger partial charge in [-0.05, 0) is 51.8 Å². The zero-order valence-corrected chi connectivity index (χ0v) is 17.8. The van der Waals surface area contributed by atoms with E-state index in [0.717, 1.165) is 16.8 Å². The first-order valence-electron chi connectivity index (χ1n) is 9.28. The Morgan fingerprint density at radius 3 is 2.30 bits per heavy atom. The van der Waals surface area contributed by atoms with E-state index in [9.17, 15) is 9.59 Å². The molecule has 1 aromatic rings. The molecule has 1 aromatic carbocycles. The van der Waals surface area contributed by atoms with Crippen molar-refractivity contribution in [3.63, 3.8) is 0 Å². The van der Waals surface area contributed by atoms with E-state index in [1.165, 1.54) is 6.92 Å². The van der Waals surface area contributed by atoms with Crippen molar-refractivity contribution in [1.29, 1.82) is 0 Å². The van der Waals surface area contributed by atoms with Crippen LogP contribution in [0.2, 0.25) is 5.02 Å². The third kappa shape index (κ3) is 5.76. The summed E-state index contributed by atoms with van der Waals surface area (Å²) in [5.41, 5.74) is 2.49. The molecule has 1 heterocycles. The van der Waals surface area contributed by atoms with Crippen LogP contribution in [0.4, 0.5) is 10.5 Å². The molecule has 0 spiro atoms. The van der Waals surface area contributed by atoms with Gasteiger partial charge in [-0.1, -0.05) is 17.7 Å². The molecule has 0 bridgehead atoms. The second-order valence-electron chi connectivity index (χ2n) is 8.04. The summed E-state index contributed by atoms with van der Waals surface area (Å²) < 4.78 is 5.46. The lowest BCUT2D eigenvalue weighted by Crippen LogP contribution is -2.50. The van der Waals surface area contributed by atoms with Crippen LogP contribution in [0.25, 0.3) is 0 Å². The standard InChI is InChI=1S/C20H30ClN3O3/c1-13-11-16(14(2)22-15(3)25)18(12-17(13)21)23-7-9-24(10-8-23)19(26)27-20(4,5)6/h11-12,14H,7-10H2,1-6H3,(H,22,25)/t14-/m1/s1. The van der Waals surface area contributed by atoms with Crippen molar-refractivity contribution in [3.05, 3.63) is 28.3 Å². The van der Waals surface area contributed by atoms with E-state index in [4.69, 9.17) is 16.3 Å². The lowest BCUT2D eigenvalue weighted by Gasteiger charge is -2.38. The highest BCUT2D eigenvalue weighted by Crippen LogP contribution is 2.33. The highest BCUT2D eigenvalue weighted by atomic mass is 35.5. The van der Waals surface area contributed by atoms with Gasteiger partial charge in [0.25, 0.3) is 0 Å². The fraction of sp³-hybridized carbons (Fsp3) is 0.600. The Morgan fingerprint density at radius 2 is 1.78 bits per heavy atom. The van der Waals surface area contributed by atoms with Gasteiger partial charge in [0.05, 0.1) is 6.04 Å². The van der Waals surface area contributed by atoms with E-state index in [0.29, 0.717) is 31.2 Å². The third-order valence-electron chi connectivity index (χ3n) is 4.47. The van der Waals surface area contributed by atoms with Gasteiger partial charge < -0.3 is 19.9 Å². The molecule has 1 saturated heterocycles. The quantitative estimate of drug-likeness (QED) is 0.843. The number of hydrogen-bond donors (Lipinski definition) is 1. The molecule has 0 aromatic heterocycles. The Kier molecular flexibility index (Phi) is 6.63. The van der Waals surface area contributed by atoms with E-state index < -0.39 is 5.60 Å². The molecule has 1 aliphatic rings. The van der Waals surface area contributed by atoms with Gasteiger partial charge in [-0.15, -0.1) is 0 Å². The third-order valence-corrected chi connectivity index (χ3v) is 4.87. The molecule has 2 rings (SSSR count). The average Bonchev–Trinajstić information content (AvgIpc) is 2.55. The minimum Gasteiger partial charge on any atom is -0.444 e. The minimum absolute atomic E-state index is 0.0733. The first kappa shape index (κ1) is 21.4. The molecule has 0 saturated carbocycles. The van der Waals surface area contributed by atoms with Crippen LogP contribution in [0.5, 0.6) is 0 Å². The van der Waals surface area contributed by atoms with Crippen molar-refractivity contribution < 1.29 is 14.3 Å². The molecule has 7 heteroatoms. The van der Waals surface area contributed by atoms with Gasteiger partial charge in [-0.2, -0.15) is 0 Å². The van der Waals surface area contributed by atoms with Crippen molar-refractivity contribution in [1.82, 2.24) is 10.2 Å². The number of carbonyl (C=O) groups excluding carboxylic acids is 2. The number of ether oxygens (including phenoxy) is 1. The maximum atomic E-state index is 12.3. The number of nitrogens with zero attached hydrogens (tertiary/aromatic N) is 2. The van der Waals surface area contributed by atoms with Crippen LogP contribution < -0.4 is 10.2 Å². The largest absolute Gasteiger partial charge is 0.444 e. The van der Waals surface area contributed by atoms with E-state index in [1.54, 1.807) is 4.90 Å². The Bertz CT molecular complexity index is 707. The summed E-state index contributed by atoms with van der Waals surface area (Å²) in [5, 5.41) is 3.64. The van der Waals surface area contributed by atoms with Crippen LogP contribution in [-0.4, -0.2) is 48.7 Å². The highest BCUT2D eigenvalue weighted by Gasteiger charge is 2.27. The molecular formula is C20H30ClN3O3. The molecule has 0 aliphatic carbocycles. The number of piperazine rings is 1. The van der Waals surface area contributed by atoms with Crippen molar-refractivity contribution in [2.24, 2.45) is 0 Å². The van der Waals surface area contributed by atoms with E-state index in [2.05, 4.69) is 10.2 Å². The van der Waals surface area contributed by atoms with Crippen LogP contribution in [0, 0.1) is 6.92 Å². The first-order chi connectivity index (χ1) is 12.5. The predicted molar refractivity (Wildman–Crippen MR) is 108 cm³/mol. The van der Waals surface area contributed by atoms with Crippen molar-refractivity contribution in [2.75, 3.05) is 31.1 Å². The van der Waals surface area contributed by atoms with Gasteiger partial charge in [0, 0.05) is 43.8 Å². The van der Waals surface area contributed by atoms with Gasteiger partial charge in [-0.25, -0.2) is 4.79 Å². The number of carbonyl (C=O) groups is 2. The lowest BCUT2D eigenvalue weighted by atomic mass is 10.0. The zero-order valence-electron chi connectivity index (χ0n) is 17.1. The fourth-order valence-electron chi connectivity index (χ4n) is 3.15. The zero-order chi connectivity index (χ0) is 20.4. The Morgan fingerprint density at radius 1 is 1.19 bits per heavy atom. The van der Waals surface area contributed by atoms with Crippen LogP contribution >= 0.6 is 11.6 Å². The number of anilines is 1. The summed E-state index contributed by atoms with van der Waals surface area (Å²) in [6, 6.07) is 3.85. The van der Waals surface area contributed by atoms with Gasteiger partial charge in [0.2, 0.25) is 5.91 Å². The summed E-state index contributed by atoms with van der Waals surface area (Å²) in [6.45, 7) is 13.5. The number of nitrogens with one attached hydrogen (secondary N) is 1. The summed E-state index contributed by atoms with van der Waals surface area (Å²) in [7, 11) is 0. The van der Waals surface area contributed by atoms with Gasteiger partial charge in [0.1, 0.15) is 5.60 Å². The van der Waals surface area contributed by atoms with Gasteiger partial charge in [-0.3, -0.25) is 4.79 Å². The monoisotopic (exact) mass is 395 g/mol.